The van der Waals surface area contributed by atoms with Crippen LogP contribution in [-0.2, 0) is 22.7 Å². The molecule has 2 heterocycles. The highest BCUT2D eigenvalue weighted by Gasteiger charge is 2.18. The smallest absolute Gasteiger partial charge is 0.240 e. The fourth-order valence-corrected chi connectivity index (χ4v) is 3.84. The summed E-state index contributed by atoms with van der Waals surface area (Å²) in [6, 6.07) is 12.7. The van der Waals surface area contributed by atoms with Crippen molar-refractivity contribution in [3.8, 4) is 5.75 Å². The van der Waals surface area contributed by atoms with Crippen LogP contribution in [0.3, 0.4) is 0 Å². The molecule has 0 radical (unpaired) electrons. The van der Waals surface area contributed by atoms with Crippen molar-refractivity contribution in [2.75, 3.05) is 13.2 Å². The SMILES string of the molecule is O=C(Cn1c(COc2ccc(Cl)cc2Cl)nc2ccccc21)NCC1CCCO1. The highest BCUT2D eigenvalue weighted by molar-refractivity contribution is 6.35. The number of carbonyl (C=O) groups excluding carboxylic acids is 1. The number of hydrogen-bond acceptors (Lipinski definition) is 4. The minimum atomic E-state index is -0.0885. The van der Waals surface area contributed by atoms with Crippen molar-refractivity contribution in [3.05, 3.63) is 58.3 Å². The summed E-state index contributed by atoms with van der Waals surface area (Å²) in [5, 5.41) is 3.92. The third kappa shape index (κ3) is 4.83. The quantitative estimate of drug-likeness (QED) is 0.605. The van der Waals surface area contributed by atoms with E-state index in [9.17, 15) is 4.79 Å². The van der Waals surface area contributed by atoms with E-state index < -0.39 is 0 Å². The number of benzene rings is 2. The predicted molar refractivity (Wildman–Crippen MR) is 113 cm³/mol. The van der Waals surface area contributed by atoms with E-state index in [0.717, 1.165) is 30.5 Å². The van der Waals surface area contributed by atoms with Gasteiger partial charge in [0.1, 0.15) is 24.7 Å². The second-order valence-electron chi connectivity index (χ2n) is 6.91. The fraction of sp³-hybridized carbons (Fsp3) is 0.333. The summed E-state index contributed by atoms with van der Waals surface area (Å²) in [7, 11) is 0. The van der Waals surface area contributed by atoms with Crippen molar-refractivity contribution in [3.63, 3.8) is 0 Å². The minimum absolute atomic E-state index is 0.0885. The van der Waals surface area contributed by atoms with E-state index in [1.54, 1.807) is 18.2 Å². The molecule has 1 fully saturated rings. The molecule has 0 bridgehead atoms. The summed E-state index contributed by atoms with van der Waals surface area (Å²) in [6.07, 6.45) is 2.13. The standard InChI is InChI=1S/C21H21Cl2N3O3/c22-14-7-8-19(16(23)10-14)29-13-20-25-17-5-1-2-6-18(17)26(20)12-21(27)24-11-15-4-3-9-28-15/h1-2,5-8,10,15H,3-4,9,11-13H2,(H,24,27). The Labute approximate surface area is 178 Å². The van der Waals surface area contributed by atoms with Crippen LogP contribution in [0.15, 0.2) is 42.5 Å². The maximum Gasteiger partial charge on any atom is 0.240 e. The number of aromatic nitrogens is 2. The molecule has 6 nitrogen and oxygen atoms in total. The molecule has 1 unspecified atom stereocenters. The molecule has 1 aromatic heterocycles. The first kappa shape index (κ1) is 20.0. The van der Waals surface area contributed by atoms with Crippen LogP contribution in [-0.4, -0.2) is 34.7 Å². The average Bonchev–Trinajstić information content (AvgIpc) is 3.34. The van der Waals surface area contributed by atoms with E-state index in [-0.39, 0.29) is 25.2 Å². The molecular formula is C21H21Cl2N3O3. The molecule has 3 aromatic rings. The Hall–Kier alpha value is -2.28. The summed E-state index contributed by atoms with van der Waals surface area (Å²) in [6.45, 7) is 1.62. The summed E-state index contributed by atoms with van der Waals surface area (Å²) >= 11 is 12.1. The number of amides is 1. The van der Waals surface area contributed by atoms with Crippen molar-refractivity contribution >= 4 is 40.1 Å². The van der Waals surface area contributed by atoms with Crippen molar-refractivity contribution in [2.24, 2.45) is 0 Å². The molecule has 0 spiro atoms. The molecule has 29 heavy (non-hydrogen) atoms. The summed E-state index contributed by atoms with van der Waals surface area (Å²) in [4.78, 5) is 17.2. The Morgan fingerprint density at radius 3 is 2.93 bits per heavy atom. The molecule has 0 saturated carbocycles. The van der Waals surface area contributed by atoms with E-state index in [2.05, 4.69) is 10.3 Å². The Bertz CT molecular complexity index is 1020. The number of hydrogen-bond donors (Lipinski definition) is 1. The largest absolute Gasteiger partial charge is 0.484 e. The fourth-order valence-electron chi connectivity index (χ4n) is 3.38. The molecule has 1 N–H and O–H groups in total. The maximum absolute atomic E-state index is 12.5. The van der Waals surface area contributed by atoms with E-state index in [1.807, 2.05) is 28.8 Å². The Morgan fingerprint density at radius 1 is 1.28 bits per heavy atom. The van der Waals surface area contributed by atoms with Gasteiger partial charge >= 0.3 is 0 Å². The van der Waals surface area contributed by atoms with Crippen molar-refractivity contribution in [1.82, 2.24) is 14.9 Å². The van der Waals surface area contributed by atoms with Gasteiger partial charge in [-0.1, -0.05) is 35.3 Å². The number of imidazole rings is 1. The van der Waals surface area contributed by atoms with E-state index in [1.165, 1.54) is 0 Å². The topological polar surface area (TPSA) is 65.4 Å². The number of fused-ring (bicyclic) bond motifs is 1. The van der Waals surface area contributed by atoms with Gasteiger partial charge in [-0.3, -0.25) is 4.79 Å². The van der Waals surface area contributed by atoms with Crippen LogP contribution >= 0.6 is 23.2 Å². The molecule has 152 valence electrons. The van der Waals surface area contributed by atoms with Gasteiger partial charge in [0, 0.05) is 18.2 Å². The number of ether oxygens (including phenoxy) is 2. The molecule has 2 aromatic carbocycles. The summed E-state index contributed by atoms with van der Waals surface area (Å²) in [5.74, 6) is 1.07. The van der Waals surface area contributed by atoms with Crippen LogP contribution in [0, 0.1) is 0 Å². The average molecular weight is 434 g/mol. The van der Waals surface area contributed by atoms with Gasteiger partial charge in [-0.2, -0.15) is 0 Å². The molecule has 8 heteroatoms. The third-order valence-electron chi connectivity index (χ3n) is 4.84. The monoisotopic (exact) mass is 433 g/mol. The number of nitrogens with zero attached hydrogens (tertiary/aromatic N) is 2. The van der Waals surface area contributed by atoms with Gasteiger partial charge < -0.3 is 19.4 Å². The lowest BCUT2D eigenvalue weighted by Gasteiger charge is -2.13. The molecule has 0 aliphatic carbocycles. The third-order valence-corrected chi connectivity index (χ3v) is 5.37. The van der Waals surface area contributed by atoms with Crippen LogP contribution in [0.25, 0.3) is 11.0 Å². The number of para-hydroxylation sites is 2. The molecule has 1 atom stereocenters. The molecule has 1 aliphatic rings. The van der Waals surface area contributed by atoms with Crippen LogP contribution in [0.5, 0.6) is 5.75 Å². The Balaban J connectivity index is 1.49. The second-order valence-corrected chi connectivity index (χ2v) is 7.75. The van der Waals surface area contributed by atoms with Crippen molar-refractivity contribution < 1.29 is 14.3 Å². The number of carbonyl (C=O) groups is 1. The zero-order valence-corrected chi connectivity index (χ0v) is 17.2. The normalized spacial score (nSPS) is 16.3. The Morgan fingerprint density at radius 2 is 2.14 bits per heavy atom. The van der Waals surface area contributed by atoms with Gasteiger partial charge in [0.25, 0.3) is 0 Å². The highest BCUT2D eigenvalue weighted by atomic mass is 35.5. The van der Waals surface area contributed by atoms with E-state index in [4.69, 9.17) is 32.7 Å². The van der Waals surface area contributed by atoms with Gasteiger partial charge in [0.15, 0.2) is 0 Å². The zero-order valence-electron chi connectivity index (χ0n) is 15.7. The van der Waals surface area contributed by atoms with Gasteiger partial charge in [-0.15, -0.1) is 0 Å². The molecule has 1 amide bonds. The van der Waals surface area contributed by atoms with Gasteiger partial charge in [0.05, 0.1) is 22.2 Å². The molecule has 1 aliphatic heterocycles. The van der Waals surface area contributed by atoms with Crippen LogP contribution < -0.4 is 10.1 Å². The summed E-state index contributed by atoms with van der Waals surface area (Å²) in [5.41, 5.74) is 1.68. The lowest BCUT2D eigenvalue weighted by Crippen LogP contribution is -2.34. The van der Waals surface area contributed by atoms with Gasteiger partial charge in [-0.25, -0.2) is 4.98 Å². The molecule has 1 saturated heterocycles. The van der Waals surface area contributed by atoms with Crippen LogP contribution in [0.1, 0.15) is 18.7 Å². The molecule has 4 rings (SSSR count). The van der Waals surface area contributed by atoms with Gasteiger partial charge in [-0.05, 0) is 43.2 Å². The lowest BCUT2D eigenvalue weighted by atomic mass is 10.2. The minimum Gasteiger partial charge on any atom is -0.484 e. The van der Waals surface area contributed by atoms with Crippen LogP contribution in [0.4, 0.5) is 0 Å². The molecular weight excluding hydrogens is 413 g/mol. The van der Waals surface area contributed by atoms with Gasteiger partial charge in [0.2, 0.25) is 5.91 Å². The summed E-state index contributed by atoms with van der Waals surface area (Å²) < 4.78 is 13.3. The number of rotatable bonds is 7. The van der Waals surface area contributed by atoms with E-state index in [0.29, 0.717) is 28.2 Å². The first-order valence-corrected chi connectivity index (χ1v) is 10.3. The first-order chi connectivity index (χ1) is 14.1. The Kier molecular flexibility index (Phi) is 6.23. The van der Waals surface area contributed by atoms with Crippen molar-refractivity contribution in [2.45, 2.75) is 32.1 Å². The van der Waals surface area contributed by atoms with Crippen molar-refractivity contribution in [1.29, 1.82) is 0 Å². The first-order valence-electron chi connectivity index (χ1n) is 9.50. The van der Waals surface area contributed by atoms with E-state index >= 15 is 0 Å². The second kappa shape index (κ2) is 9.03. The highest BCUT2D eigenvalue weighted by Crippen LogP contribution is 2.28. The number of halogens is 2. The maximum atomic E-state index is 12.5. The van der Waals surface area contributed by atoms with Crippen LogP contribution in [0.2, 0.25) is 10.0 Å². The lowest BCUT2D eigenvalue weighted by molar-refractivity contribution is -0.122. The zero-order chi connectivity index (χ0) is 20.2. The predicted octanol–water partition coefficient (Wildman–Crippen LogP) is 4.22. The number of nitrogens with one attached hydrogen (secondary N) is 1.